The lowest BCUT2D eigenvalue weighted by Crippen LogP contribution is -2.29. The zero-order valence-electron chi connectivity index (χ0n) is 8.43. The number of hydrogen-bond acceptors (Lipinski definition) is 2. The van der Waals surface area contributed by atoms with E-state index in [4.69, 9.17) is 0 Å². The Morgan fingerprint density at radius 2 is 1.62 bits per heavy atom. The van der Waals surface area contributed by atoms with Crippen LogP contribution >= 0.6 is 0 Å². The van der Waals surface area contributed by atoms with Crippen molar-refractivity contribution in [1.82, 2.24) is 4.90 Å². The lowest BCUT2D eigenvalue weighted by molar-refractivity contribution is 0.0672. The summed E-state index contributed by atoms with van der Waals surface area (Å²) in [4.78, 5) is 24.8. The summed E-state index contributed by atoms with van der Waals surface area (Å²) >= 11 is 0. The second kappa shape index (κ2) is 4.75. The highest BCUT2D eigenvalue weighted by Gasteiger charge is 2.33. The number of allylic oxidation sites excluding steroid dienone is 1. The zero-order valence-corrected chi connectivity index (χ0v) is 8.43. The first-order valence-electron chi connectivity index (χ1n) is 4.82. The van der Waals surface area contributed by atoms with Crippen LogP contribution in [0.2, 0.25) is 0 Å². The summed E-state index contributed by atoms with van der Waals surface area (Å²) in [6, 6.07) is 6.91. The molecular formula is C13H15NO2. The van der Waals surface area contributed by atoms with Crippen LogP contribution in [0, 0.1) is 0 Å². The molecule has 3 nitrogen and oxygen atoms in total. The van der Waals surface area contributed by atoms with Crippen LogP contribution in [0.1, 0.15) is 35.1 Å². The van der Waals surface area contributed by atoms with Crippen molar-refractivity contribution >= 4 is 11.8 Å². The second-order valence-corrected chi connectivity index (χ2v) is 3.34. The molecule has 1 aliphatic rings. The molecule has 0 saturated heterocycles. The molecule has 0 aliphatic carbocycles. The van der Waals surface area contributed by atoms with Crippen molar-refractivity contribution in [3.8, 4) is 0 Å². The summed E-state index contributed by atoms with van der Waals surface area (Å²) in [6.45, 7) is 2.21. The van der Waals surface area contributed by atoms with Gasteiger partial charge in [0, 0.05) is 6.54 Å². The molecule has 3 heteroatoms. The van der Waals surface area contributed by atoms with Crippen LogP contribution in [0.25, 0.3) is 0 Å². The minimum Gasteiger partial charge on any atom is -0.270 e. The number of hydrogen-bond donors (Lipinski definition) is 0. The Kier molecular flexibility index (Phi) is 3.61. The van der Waals surface area contributed by atoms with Crippen LogP contribution in [0.15, 0.2) is 36.4 Å². The first-order valence-corrected chi connectivity index (χ1v) is 4.82. The van der Waals surface area contributed by atoms with Crippen LogP contribution in [-0.2, 0) is 0 Å². The summed E-state index contributed by atoms with van der Waals surface area (Å²) in [6.07, 6.45) is 3.62. The van der Waals surface area contributed by atoms with Crippen molar-refractivity contribution < 1.29 is 9.59 Å². The van der Waals surface area contributed by atoms with Gasteiger partial charge in [-0.2, -0.15) is 0 Å². The van der Waals surface area contributed by atoms with E-state index in [-0.39, 0.29) is 19.2 Å². The number of fused-ring (bicyclic) bond motifs is 1. The van der Waals surface area contributed by atoms with Crippen LogP contribution < -0.4 is 0 Å². The topological polar surface area (TPSA) is 37.4 Å². The molecule has 0 atom stereocenters. The van der Waals surface area contributed by atoms with Crippen LogP contribution in [0.5, 0.6) is 0 Å². The summed E-state index contributed by atoms with van der Waals surface area (Å²) in [7, 11) is 0. The molecule has 2 rings (SSSR count). The summed E-state index contributed by atoms with van der Waals surface area (Å²) in [5.74, 6) is -0.401. The Labute approximate surface area is 95.4 Å². The lowest BCUT2D eigenvalue weighted by Gasteiger charge is -2.09. The quantitative estimate of drug-likeness (QED) is 0.563. The highest BCUT2D eigenvalue weighted by atomic mass is 16.2. The van der Waals surface area contributed by atoms with Gasteiger partial charge in [-0.3, -0.25) is 14.5 Å². The van der Waals surface area contributed by atoms with Gasteiger partial charge in [0.2, 0.25) is 0 Å². The van der Waals surface area contributed by atoms with Crippen LogP contribution in [0.4, 0.5) is 0 Å². The average Bonchev–Trinajstić information content (AvgIpc) is 2.51. The van der Waals surface area contributed by atoms with Gasteiger partial charge in [0.1, 0.15) is 0 Å². The van der Waals surface area contributed by atoms with Gasteiger partial charge < -0.3 is 0 Å². The number of carbonyl (C=O) groups excluding carboxylic acids is 2. The van der Waals surface area contributed by atoms with E-state index in [9.17, 15) is 9.59 Å². The monoisotopic (exact) mass is 217 g/mol. The highest BCUT2D eigenvalue weighted by molar-refractivity contribution is 6.21. The van der Waals surface area contributed by atoms with E-state index in [0.29, 0.717) is 17.7 Å². The van der Waals surface area contributed by atoms with E-state index in [1.54, 1.807) is 30.3 Å². The maximum Gasteiger partial charge on any atom is 0.261 e. The fourth-order valence-electron chi connectivity index (χ4n) is 1.62. The maximum atomic E-state index is 11.8. The number of imide groups is 1. The molecule has 16 heavy (non-hydrogen) atoms. The van der Waals surface area contributed by atoms with Crippen LogP contribution in [0.3, 0.4) is 0 Å². The Bertz CT molecular complexity index is 414. The lowest BCUT2D eigenvalue weighted by atomic mass is 10.1. The number of nitrogens with zero attached hydrogens (tertiary/aromatic N) is 1. The molecular weight excluding hydrogens is 202 g/mol. The predicted octanol–water partition coefficient (Wildman–Crippen LogP) is 2.49. The van der Waals surface area contributed by atoms with E-state index >= 15 is 0 Å². The molecule has 0 N–H and O–H groups in total. The Balaban J connectivity index is 0.00000128. The Morgan fingerprint density at radius 1 is 1.12 bits per heavy atom. The van der Waals surface area contributed by atoms with Crippen molar-refractivity contribution in [3.63, 3.8) is 0 Å². The van der Waals surface area contributed by atoms with E-state index in [1.807, 2.05) is 13.0 Å². The average molecular weight is 217 g/mol. The summed E-state index contributed by atoms with van der Waals surface area (Å²) < 4.78 is 0. The van der Waals surface area contributed by atoms with Gasteiger partial charge in [-0.25, -0.2) is 0 Å². The molecule has 2 amide bonds. The van der Waals surface area contributed by atoms with Gasteiger partial charge in [-0.15, -0.1) is 0 Å². The van der Waals surface area contributed by atoms with Gasteiger partial charge in [0.25, 0.3) is 11.8 Å². The molecule has 0 radical (unpaired) electrons. The minimum atomic E-state index is -0.200. The first-order chi connectivity index (χ1) is 7.25. The molecule has 1 aromatic rings. The largest absolute Gasteiger partial charge is 0.270 e. The SMILES string of the molecule is C.C/C=C/CN1C(=O)c2ccccc2C1=O. The normalized spacial score (nSPS) is 14.2. The van der Waals surface area contributed by atoms with Gasteiger partial charge >= 0.3 is 0 Å². The molecule has 0 bridgehead atoms. The maximum absolute atomic E-state index is 11.8. The van der Waals surface area contributed by atoms with Crippen molar-refractivity contribution in [2.45, 2.75) is 14.4 Å². The van der Waals surface area contributed by atoms with Crippen molar-refractivity contribution in [2.24, 2.45) is 0 Å². The van der Waals surface area contributed by atoms with Gasteiger partial charge in [0.15, 0.2) is 0 Å². The number of benzene rings is 1. The molecule has 0 fully saturated rings. The molecule has 0 aromatic heterocycles. The van der Waals surface area contributed by atoms with Crippen molar-refractivity contribution in [2.75, 3.05) is 6.54 Å². The Hall–Kier alpha value is -1.90. The third-order valence-electron chi connectivity index (χ3n) is 2.40. The molecule has 1 aliphatic heterocycles. The van der Waals surface area contributed by atoms with E-state index in [0.717, 1.165) is 0 Å². The van der Waals surface area contributed by atoms with E-state index < -0.39 is 0 Å². The molecule has 0 saturated carbocycles. The molecule has 0 spiro atoms. The van der Waals surface area contributed by atoms with Crippen molar-refractivity contribution in [3.05, 3.63) is 47.5 Å². The highest BCUT2D eigenvalue weighted by Crippen LogP contribution is 2.21. The summed E-state index contributed by atoms with van der Waals surface area (Å²) in [5, 5.41) is 0. The van der Waals surface area contributed by atoms with Gasteiger partial charge in [-0.05, 0) is 19.1 Å². The molecule has 1 aromatic carbocycles. The first kappa shape index (κ1) is 12.2. The molecule has 0 unspecified atom stereocenters. The fraction of sp³-hybridized carbons (Fsp3) is 0.231. The smallest absolute Gasteiger partial charge is 0.261 e. The fourth-order valence-corrected chi connectivity index (χ4v) is 1.62. The van der Waals surface area contributed by atoms with Gasteiger partial charge in [-0.1, -0.05) is 31.7 Å². The minimum absolute atomic E-state index is 0. The second-order valence-electron chi connectivity index (χ2n) is 3.34. The summed E-state index contributed by atoms with van der Waals surface area (Å²) in [5.41, 5.74) is 1.01. The van der Waals surface area contributed by atoms with E-state index in [2.05, 4.69) is 0 Å². The third-order valence-corrected chi connectivity index (χ3v) is 2.40. The number of carbonyl (C=O) groups is 2. The zero-order chi connectivity index (χ0) is 10.8. The molecule has 1 heterocycles. The van der Waals surface area contributed by atoms with Gasteiger partial charge in [0.05, 0.1) is 11.1 Å². The standard InChI is InChI=1S/C12H11NO2.CH4/c1-2-3-8-13-11(14)9-6-4-5-7-10(9)12(13)15;/h2-7H,8H2,1H3;1H4/b3-2+;. The number of rotatable bonds is 2. The van der Waals surface area contributed by atoms with Crippen molar-refractivity contribution in [1.29, 1.82) is 0 Å². The number of amides is 2. The van der Waals surface area contributed by atoms with E-state index in [1.165, 1.54) is 4.90 Å². The molecule has 84 valence electrons. The third kappa shape index (κ3) is 1.76. The van der Waals surface area contributed by atoms with Crippen LogP contribution in [-0.4, -0.2) is 23.3 Å². The predicted molar refractivity (Wildman–Crippen MR) is 63.4 cm³/mol. The Morgan fingerprint density at radius 3 is 2.06 bits per heavy atom.